The van der Waals surface area contributed by atoms with E-state index >= 15 is 0 Å². The standard InChI is InChI=1S/C11H13BrClNO/c12-10-2-1-8(13)5-9(10)11(14)7-3-4-15-6-7/h1-2,5,7,11H,3-4,6,14H2. The number of hydrogen-bond donors (Lipinski definition) is 1. The molecule has 0 aliphatic carbocycles. The van der Waals surface area contributed by atoms with Gasteiger partial charge >= 0.3 is 0 Å². The molecule has 0 bridgehead atoms. The summed E-state index contributed by atoms with van der Waals surface area (Å²) in [5.41, 5.74) is 7.27. The van der Waals surface area contributed by atoms with Crippen molar-refractivity contribution in [3.05, 3.63) is 33.3 Å². The lowest BCUT2D eigenvalue weighted by Crippen LogP contribution is -2.22. The van der Waals surface area contributed by atoms with Crippen molar-refractivity contribution in [2.24, 2.45) is 11.7 Å². The van der Waals surface area contributed by atoms with Crippen LogP contribution < -0.4 is 5.73 Å². The Morgan fingerprint density at radius 1 is 1.53 bits per heavy atom. The third-order valence-electron chi connectivity index (χ3n) is 2.79. The first-order valence-electron chi connectivity index (χ1n) is 4.97. The molecule has 1 heterocycles. The highest BCUT2D eigenvalue weighted by molar-refractivity contribution is 9.10. The second-order valence-corrected chi connectivity index (χ2v) is 5.11. The molecule has 1 fully saturated rings. The van der Waals surface area contributed by atoms with Gasteiger partial charge in [0, 0.05) is 28.1 Å². The topological polar surface area (TPSA) is 35.2 Å². The number of rotatable bonds is 2. The highest BCUT2D eigenvalue weighted by atomic mass is 79.9. The maximum atomic E-state index is 6.20. The summed E-state index contributed by atoms with van der Waals surface area (Å²) in [4.78, 5) is 0. The van der Waals surface area contributed by atoms with Crippen LogP contribution >= 0.6 is 27.5 Å². The fraction of sp³-hybridized carbons (Fsp3) is 0.455. The van der Waals surface area contributed by atoms with Crippen molar-refractivity contribution in [2.45, 2.75) is 12.5 Å². The number of benzene rings is 1. The average Bonchev–Trinajstić information content (AvgIpc) is 2.74. The van der Waals surface area contributed by atoms with E-state index in [4.69, 9.17) is 22.1 Å². The molecule has 2 N–H and O–H groups in total. The van der Waals surface area contributed by atoms with E-state index in [1.54, 1.807) is 0 Å². The highest BCUT2D eigenvalue weighted by Crippen LogP contribution is 2.32. The molecular formula is C11H13BrClNO. The fourth-order valence-electron chi connectivity index (χ4n) is 1.86. The smallest absolute Gasteiger partial charge is 0.0513 e. The van der Waals surface area contributed by atoms with Crippen molar-refractivity contribution in [2.75, 3.05) is 13.2 Å². The van der Waals surface area contributed by atoms with E-state index in [0.717, 1.165) is 34.7 Å². The molecule has 1 aromatic rings. The molecule has 1 aromatic carbocycles. The zero-order valence-corrected chi connectivity index (χ0v) is 10.6. The van der Waals surface area contributed by atoms with Crippen molar-refractivity contribution < 1.29 is 4.74 Å². The SMILES string of the molecule is NC(c1cc(Cl)ccc1Br)C1CCOC1. The van der Waals surface area contributed by atoms with Gasteiger partial charge in [-0.3, -0.25) is 0 Å². The highest BCUT2D eigenvalue weighted by Gasteiger charge is 2.25. The summed E-state index contributed by atoms with van der Waals surface area (Å²) in [6.07, 6.45) is 1.03. The molecule has 0 saturated carbocycles. The maximum Gasteiger partial charge on any atom is 0.0513 e. The number of halogens is 2. The van der Waals surface area contributed by atoms with Crippen molar-refractivity contribution in [1.82, 2.24) is 0 Å². The van der Waals surface area contributed by atoms with Gasteiger partial charge in [0.15, 0.2) is 0 Å². The molecule has 1 saturated heterocycles. The molecule has 0 aromatic heterocycles. The predicted octanol–water partition coefficient (Wildman–Crippen LogP) is 3.14. The minimum absolute atomic E-state index is 0.000532. The average molecular weight is 291 g/mol. The fourth-order valence-corrected chi connectivity index (χ4v) is 2.55. The van der Waals surface area contributed by atoms with Crippen LogP contribution in [-0.4, -0.2) is 13.2 Å². The monoisotopic (exact) mass is 289 g/mol. The molecule has 2 atom stereocenters. The zero-order valence-electron chi connectivity index (χ0n) is 8.25. The Morgan fingerprint density at radius 2 is 2.33 bits per heavy atom. The summed E-state index contributed by atoms with van der Waals surface area (Å²) in [5, 5.41) is 0.725. The van der Waals surface area contributed by atoms with Gasteiger partial charge in [-0.2, -0.15) is 0 Å². The minimum Gasteiger partial charge on any atom is -0.381 e. The van der Waals surface area contributed by atoms with E-state index in [0.29, 0.717) is 5.92 Å². The van der Waals surface area contributed by atoms with E-state index < -0.39 is 0 Å². The molecule has 2 nitrogen and oxygen atoms in total. The Bertz CT molecular complexity index is 352. The van der Waals surface area contributed by atoms with E-state index in [2.05, 4.69) is 15.9 Å². The van der Waals surface area contributed by atoms with Crippen LogP contribution in [0.1, 0.15) is 18.0 Å². The normalized spacial score (nSPS) is 23.0. The van der Waals surface area contributed by atoms with Gasteiger partial charge in [0.25, 0.3) is 0 Å². The third-order valence-corrected chi connectivity index (χ3v) is 3.75. The van der Waals surface area contributed by atoms with Crippen LogP contribution in [0.3, 0.4) is 0 Å². The van der Waals surface area contributed by atoms with Crippen LogP contribution in [0.4, 0.5) is 0 Å². The van der Waals surface area contributed by atoms with E-state index in [1.165, 1.54) is 0 Å². The lowest BCUT2D eigenvalue weighted by molar-refractivity contribution is 0.181. The molecule has 2 unspecified atom stereocenters. The number of nitrogens with two attached hydrogens (primary N) is 1. The quantitative estimate of drug-likeness (QED) is 0.908. The molecule has 82 valence electrons. The second kappa shape index (κ2) is 4.83. The zero-order chi connectivity index (χ0) is 10.8. The minimum atomic E-state index is 0.000532. The largest absolute Gasteiger partial charge is 0.381 e. The Morgan fingerprint density at radius 3 is 3.00 bits per heavy atom. The van der Waals surface area contributed by atoms with Gasteiger partial charge < -0.3 is 10.5 Å². The molecule has 1 aliphatic heterocycles. The molecule has 0 radical (unpaired) electrons. The van der Waals surface area contributed by atoms with Crippen LogP contribution in [0.15, 0.2) is 22.7 Å². The van der Waals surface area contributed by atoms with Crippen molar-refractivity contribution in [1.29, 1.82) is 0 Å². The van der Waals surface area contributed by atoms with Gasteiger partial charge in [0.05, 0.1) is 6.61 Å². The Kier molecular flexibility index (Phi) is 3.67. The van der Waals surface area contributed by atoms with Crippen LogP contribution in [0, 0.1) is 5.92 Å². The summed E-state index contributed by atoms with van der Waals surface area (Å²) in [5.74, 6) is 0.403. The van der Waals surface area contributed by atoms with Crippen molar-refractivity contribution >= 4 is 27.5 Å². The first-order chi connectivity index (χ1) is 7.18. The van der Waals surface area contributed by atoms with E-state index in [-0.39, 0.29) is 6.04 Å². The van der Waals surface area contributed by atoms with Crippen LogP contribution in [0.25, 0.3) is 0 Å². The van der Waals surface area contributed by atoms with Crippen molar-refractivity contribution in [3.63, 3.8) is 0 Å². The summed E-state index contributed by atoms with van der Waals surface area (Å²) < 4.78 is 6.36. The first-order valence-corrected chi connectivity index (χ1v) is 6.14. The Labute approximate surface area is 103 Å². The van der Waals surface area contributed by atoms with Crippen molar-refractivity contribution in [3.8, 4) is 0 Å². The molecule has 1 aliphatic rings. The lowest BCUT2D eigenvalue weighted by atomic mass is 9.93. The molecule has 2 rings (SSSR count). The second-order valence-electron chi connectivity index (χ2n) is 3.82. The number of hydrogen-bond acceptors (Lipinski definition) is 2. The molecule has 15 heavy (non-hydrogen) atoms. The number of ether oxygens (including phenoxy) is 1. The predicted molar refractivity (Wildman–Crippen MR) is 65.0 cm³/mol. The summed E-state index contributed by atoms with van der Waals surface area (Å²) >= 11 is 9.46. The van der Waals surface area contributed by atoms with Gasteiger partial charge in [0.2, 0.25) is 0 Å². The molecular weight excluding hydrogens is 277 g/mol. The van der Waals surface area contributed by atoms with E-state index in [9.17, 15) is 0 Å². The first kappa shape index (κ1) is 11.4. The Balaban J connectivity index is 2.23. The van der Waals surface area contributed by atoms with Gasteiger partial charge in [0.1, 0.15) is 0 Å². The van der Waals surface area contributed by atoms with E-state index in [1.807, 2.05) is 18.2 Å². The van der Waals surface area contributed by atoms with Crippen LogP contribution in [0.5, 0.6) is 0 Å². The van der Waals surface area contributed by atoms with Gasteiger partial charge in [-0.1, -0.05) is 27.5 Å². The third kappa shape index (κ3) is 2.53. The van der Waals surface area contributed by atoms with Crippen LogP contribution in [0.2, 0.25) is 5.02 Å². The summed E-state index contributed by atoms with van der Waals surface area (Å²) in [6.45, 7) is 1.57. The molecule has 4 heteroatoms. The summed E-state index contributed by atoms with van der Waals surface area (Å²) in [7, 11) is 0. The van der Waals surface area contributed by atoms with Gasteiger partial charge in [-0.05, 0) is 30.2 Å². The van der Waals surface area contributed by atoms with Crippen LogP contribution in [-0.2, 0) is 4.74 Å². The maximum absolute atomic E-state index is 6.20. The molecule has 0 amide bonds. The van der Waals surface area contributed by atoms with Gasteiger partial charge in [-0.25, -0.2) is 0 Å². The summed E-state index contributed by atoms with van der Waals surface area (Å²) in [6, 6.07) is 5.72. The molecule has 0 spiro atoms. The Hall–Kier alpha value is -0.0900. The van der Waals surface area contributed by atoms with Gasteiger partial charge in [-0.15, -0.1) is 0 Å². The lowest BCUT2D eigenvalue weighted by Gasteiger charge is -2.19.